The Morgan fingerprint density at radius 2 is 1.89 bits per heavy atom. The number of carbonyl (C=O) groups excluding carboxylic acids is 1. The summed E-state index contributed by atoms with van der Waals surface area (Å²) < 4.78 is 16.0. The van der Waals surface area contributed by atoms with Crippen LogP contribution in [0.5, 0.6) is 11.5 Å². The molecule has 2 rings (SSSR count). The molecule has 152 valence electrons. The maximum absolute atomic E-state index is 12.5. The van der Waals surface area contributed by atoms with Crippen LogP contribution in [0, 0.1) is 0 Å². The number of aliphatic carboxylic acids is 1. The van der Waals surface area contributed by atoms with E-state index in [1.165, 1.54) is 6.07 Å². The molecule has 0 unspecified atom stereocenters. The zero-order valence-electron chi connectivity index (χ0n) is 15.6. The topological polar surface area (TPSA) is 106 Å². The highest BCUT2D eigenvalue weighted by Crippen LogP contribution is 2.39. The molecule has 0 bridgehead atoms. The molecule has 0 amide bonds. The van der Waals surface area contributed by atoms with Gasteiger partial charge in [0.1, 0.15) is 0 Å². The molecule has 0 aliphatic carbocycles. The third kappa shape index (κ3) is 5.05. The first-order chi connectivity index (χ1) is 13.3. The van der Waals surface area contributed by atoms with Gasteiger partial charge >= 0.3 is 11.9 Å². The molecule has 1 aromatic rings. The van der Waals surface area contributed by atoms with Crippen molar-refractivity contribution >= 4 is 40.9 Å². The first kappa shape index (κ1) is 21.8. The predicted octanol–water partition coefficient (Wildman–Crippen LogP) is 2.56. The minimum atomic E-state index is -1.13. The molecule has 1 heterocycles. The van der Waals surface area contributed by atoms with Crippen LogP contribution in [0.1, 0.15) is 32.4 Å². The molecule has 1 atom stereocenters. The van der Waals surface area contributed by atoms with Crippen LogP contribution >= 0.6 is 23.8 Å². The van der Waals surface area contributed by atoms with Gasteiger partial charge in [-0.3, -0.25) is 0 Å². The summed E-state index contributed by atoms with van der Waals surface area (Å²) in [5, 5.41) is 15.3. The highest BCUT2D eigenvalue weighted by molar-refractivity contribution is 7.80. The number of esters is 1. The van der Waals surface area contributed by atoms with Crippen molar-refractivity contribution in [1.82, 2.24) is 10.6 Å². The van der Waals surface area contributed by atoms with Gasteiger partial charge in [-0.25, -0.2) is 9.59 Å². The molecule has 1 aromatic carbocycles. The van der Waals surface area contributed by atoms with Crippen LogP contribution in [0.15, 0.2) is 23.4 Å². The average Bonchev–Trinajstić information content (AvgIpc) is 2.61. The van der Waals surface area contributed by atoms with Crippen LogP contribution in [0.3, 0.4) is 0 Å². The van der Waals surface area contributed by atoms with Gasteiger partial charge in [0.15, 0.2) is 23.2 Å². The molecule has 0 aromatic heterocycles. The van der Waals surface area contributed by atoms with Crippen molar-refractivity contribution in [2.24, 2.45) is 0 Å². The summed E-state index contributed by atoms with van der Waals surface area (Å²) in [6.07, 6.45) is 0. The van der Waals surface area contributed by atoms with Crippen molar-refractivity contribution < 1.29 is 28.9 Å². The molecule has 0 saturated carbocycles. The molecule has 0 spiro atoms. The SMILES string of the molecule is CCOC(=O)C1=C(C)NC(=S)N[C@@H]1c1cc(OCC)c(OCC(=O)O)cc1Cl. The van der Waals surface area contributed by atoms with E-state index in [1.807, 2.05) is 0 Å². The molecular formula is C18H21ClN2O6S. The highest BCUT2D eigenvalue weighted by atomic mass is 35.5. The smallest absolute Gasteiger partial charge is 0.341 e. The van der Waals surface area contributed by atoms with Gasteiger partial charge in [-0.15, -0.1) is 0 Å². The minimum absolute atomic E-state index is 0.188. The lowest BCUT2D eigenvalue weighted by molar-refractivity contribution is -0.140. The van der Waals surface area contributed by atoms with Gasteiger partial charge in [0.05, 0.1) is 29.9 Å². The predicted molar refractivity (Wildman–Crippen MR) is 107 cm³/mol. The van der Waals surface area contributed by atoms with Crippen molar-refractivity contribution in [2.75, 3.05) is 19.8 Å². The Balaban J connectivity index is 2.52. The molecule has 28 heavy (non-hydrogen) atoms. The Morgan fingerprint density at radius 1 is 1.21 bits per heavy atom. The standard InChI is InChI=1S/C18H21ClN2O6S/c1-4-25-12-6-10(11(19)7-13(12)27-8-14(22)23)16-15(17(24)26-5-2)9(3)20-18(28)21-16/h6-7,16H,4-5,8H2,1-3H3,(H,22,23)(H2,20,21,28)/t16-/m1/s1. The van der Waals surface area contributed by atoms with Crippen LogP contribution in [0.2, 0.25) is 5.02 Å². The zero-order chi connectivity index (χ0) is 20.8. The van der Waals surface area contributed by atoms with Crippen molar-refractivity contribution in [3.05, 3.63) is 34.0 Å². The lowest BCUT2D eigenvalue weighted by Gasteiger charge is -2.30. The molecule has 1 aliphatic heterocycles. The third-order valence-electron chi connectivity index (χ3n) is 3.79. The average molecular weight is 429 g/mol. The quantitative estimate of drug-likeness (QED) is 0.425. The number of thiocarbonyl (C=S) groups is 1. The lowest BCUT2D eigenvalue weighted by Crippen LogP contribution is -2.45. The monoisotopic (exact) mass is 428 g/mol. The van der Waals surface area contributed by atoms with Gasteiger partial charge in [0.2, 0.25) is 0 Å². The van der Waals surface area contributed by atoms with Gasteiger partial charge in [-0.2, -0.15) is 0 Å². The third-order valence-corrected chi connectivity index (χ3v) is 4.34. The molecule has 0 saturated heterocycles. The van der Waals surface area contributed by atoms with Crippen molar-refractivity contribution in [1.29, 1.82) is 0 Å². The number of hydrogen-bond donors (Lipinski definition) is 3. The molecule has 0 fully saturated rings. The molecule has 1 aliphatic rings. The van der Waals surface area contributed by atoms with Crippen LogP contribution < -0.4 is 20.1 Å². The lowest BCUT2D eigenvalue weighted by atomic mass is 9.95. The number of hydrogen-bond acceptors (Lipinski definition) is 6. The van der Waals surface area contributed by atoms with Crippen LogP contribution in [0.4, 0.5) is 0 Å². The molecule has 0 radical (unpaired) electrons. The normalized spacial score (nSPS) is 16.1. The number of carboxylic acid groups (broad SMARTS) is 1. The number of rotatable bonds is 8. The fourth-order valence-electron chi connectivity index (χ4n) is 2.70. The largest absolute Gasteiger partial charge is 0.490 e. The number of ether oxygens (including phenoxy) is 3. The van der Waals surface area contributed by atoms with Gasteiger partial charge in [0, 0.05) is 17.3 Å². The summed E-state index contributed by atoms with van der Waals surface area (Å²) >= 11 is 11.6. The second-order valence-corrected chi connectivity index (χ2v) is 6.54. The van der Waals surface area contributed by atoms with Crippen LogP contribution in [-0.2, 0) is 14.3 Å². The number of nitrogens with one attached hydrogen (secondary N) is 2. The maximum Gasteiger partial charge on any atom is 0.341 e. The van der Waals surface area contributed by atoms with E-state index in [-0.39, 0.29) is 17.4 Å². The Bertz CT molecular complexity index is 827. The summed E-state index contributed by atoms with van der Waals surface area (Å²) in [7, 11) is 0. The zero-order valence-corrected chi connectivity index (χ0v) is 17.2. The van der Waals surface area contributed by atoms with Gasteiger partial charge < -0.3 is 30.0 Å². The van der Waals surface area contributed by atoms with Crippen LogP contribution in [0.25, 0.3) is 0 Å². The number of halogens is 1. The fraction of sp³-hybridized carbons (Fsp3) is 0.389. The Morgan fingerprint density at radius 3 is 2.50 bits per heavy atom. The Labute approximate surface area is 172 Å². The van der Waals surface area contributed by atoms with E-state index >= 15 is 0 Å². The van der Waals surface area contributed by atoms with Crippen LogP contribution in [-0.4, -0.2) is 42.0 Å². The van der Waals surface area contributed by atoms with E-state index < -0.39 is 24.6 Å². The minimum Gasteiger partial charge on any atom is -0.490 e. The highest BCUT2D eigenvalue weighted by Gasteiger charge is 2.33. The number of carbonyl (C=O) groups is 2. The Kier molecular flexibility index (Phi) is 7.47. The summed E-state index contributed by atoms with van der Waals surface area (Å²) in [6.45, 7) is 5.20. The first-order valence-electron chi connectivity index (χ1n) is 8.54. The number of carboxylic acids is 1. The van der Waals surface area contributed by atoms with Crippen molar-refractivity contribution in [3.8, 4) is 11.5 Å². The first-order valence-corrected chi connectivity index (χ1v) is 9.33. The van der Waals surface area contributed by atoms with Gasteiger partial charge in [-0.1, -0.05) is 11.6 Å². The number of allylic oxidation sites excluding steroid dienone is 1. The van der Waals surface area contributed by atoms with Crippen molar-refractivity contribution in [3.63, 3.8) is 0 Å². The molecular weight excluding hydrogens is 408 g/mol. The molecule has 8 nitrogen and oxygen atoms in total. The van der Waals surface area contributed by atoms with E-state index in [4.69, 9.17) is 43.1 Å². The summed E-state index contributed by atoms with van der Waals surface area (Å²) in [5.74, 6) is -1.15. The second-order valence-electron chi connectivity index (χ2n) is 5.73. The number of benzene rings is 1. The van der Waals surface area contributed by atoms with E-state index in [2.05, 4.69) is 10.6 Å². The molecule has 3 N–H and O–H groups in total. The second kappa shape index (κ2) is 9.61. The van der Waals surface area contributed by atoms with E-state index in [0.29, 0.717) is 34.3 Å². The van der Waals surface area contributed by atoms with E-state index in [0.717, 1.165) is 0 Å². The fourth-order valence-corrected chi connectivity index (χ4v) is 3.23. The summed E-state index contributed by atoms with van der Waals surface area (Å²) in [6, 6.07) is 2.38. The molecule has 10 heteroatoms. The summed E-state index contributed by atoms with van der Waals surface area (Å²) in [5.41, 5.74) is 1.39. The van der Waals surface area contributed by atoms with Crippen molar-refractivity contribution in [2.45, 2.75) is 26.8 Å². The Hall–Kier alpha value is -2.52. The van der Waals surface area contributed by atoms with Gasteiger partial charge in [0.25, 0.3) is 0 Å². The van der Waals surface area contributed by atoms with E-state index in [1.54, 1.807) is 26.8 Å². The van der Waals surface area contributed by atoms with E-state index in [9.17, 15) is 9.59 Å². The maximum atomic E-state index is 12.5. The van der Waals surface area contributed by atoms with Gasteiger partial charge in [-0.05, 0) is 39.1 Å². The summed E-state index contributed by atoms with van der Waals surface area (Å²) in [4.78, 5) is 23.3.